The smallest absolute Gasteiger partial charge is 0.227 e. The molecule has 0 N–H and O–H groups in total. The number of aromatic nitrogens is 3. The molecule has 1 amide bonds. The molecule has 5 nitrogen and oxygen atoms in total. The molecule has 1 saturated heterocycles. The van der Waals surface area contributed by atoms with Gasteiger partial charge in [-0.25, -0.2) is 0 Å². The van der Waals surface area contributed by atoms with E-state index < -0.39 is 0 Å². The van der Waals surface area contributed by atoms with Gasteiger partial charge < -0.3 is 9.47 Å². The van der Waals surface area contributed by atoms with Gasteiger partial charge in [-0.15, -0.1) is 10.2 Å². The summed E-state index contributed by atoms with van der Waals surface area (Å²) in [5.74, 6) is 1.61. The summed E-state index contributed by atoms with van der Waals surface area (Å²) < 4.78 is 2.20. The van der Waals surface area contributed by atoms with Crippen LogP contribution in [0.4, 0.5) is 0 Å². The summed E-state index contributed by atoms with van der Waals surface area (Å²) in [6, 6.07) is 8.66. The molecular formula is C23H32N4O. The van der Waals surface area contributed by atoms with Gasteiger partial charge in [0.25, 0.3) is 0 Å². The average molecular weight is 381 g/mol. The molecule has 150 valence electrons. The molecule has 1 aromatic carbocycles. The summed E-state index contributed by atoms with van der Waals surface area (Å²) in [5.41, 5.74) is 2.50. The van der Waals surface area contributed by atoms with Crippen molar-refractivity contribution in [2.75, 3.05) is 13.1 Å². The highest BCUT2D eigenvalue weighted by molar-refractivity contribution is 5.79. The highest BCUT2D eigenvalue weighted by atomic mass is 16.2. The van der Waals surface area contributed by atoms with Gasteiger partial charge in [-0.2, -0.15) is 0 Å². The van der Waals surface area contributed by atoms with Crippen molar-refractivity contribution in [3.63, 3.8) is 0 Å². The van der Waals surface area contributed by atoms with Crippen LogP contribution in [0.3, 0.4) is 0 Å². The fraction of sp³-hybridized carbons (Fsp3) is 0.609. The Labute approximate surface area is 168 Å². The minimum Gasteiger partial charge on any atom is -0.341 e. The fourth-order valence-corrected chi connectivity index (χ4v) is 5.17. The molecule has 2 aliphatic rings. The lowest BCUT2D eigenvalue weighted by atomic mass is 9.67. The predicted molar refractivity (Wildman–Crippen MR) is 110 cm³/mol. The van der Waals surface area contributed by atoms with Crippen LogP contribution in [-0.2, 0) is 11.2 Å². The van der Waals surface area contributed by atoms with Gasteiger partial charge in [0.1, 0.15) is 12.2 Å². The second-order valence-corrected chi connectivity index (χ2v) is 9.10. The van der Waals surface area contributed by atoms with E-state index in [0.717, 1.165) is 24.5 Å². The van der Waals surface area contributed by atoms with Crippen LogP contribution in [0.1, 0.15) is 74.9 Å². The van der Waals surface area contributed by atoms with Crippen molar-refractivity contribution >= 4 is 5.91 Å². The van der Waals surface area contributed by atoms with Gasteiger partial charge in [0.15, 0.2) is 0 Å². The molecule has 2 fully saturated rings. The average Bonchev–Trinajstić information content (AvgIpc) is 3.29. The maximum Gasteiger partial charge on any atom is 0.227 e. The van der Waals surface area contributed by atoms with Gasteiger partial charge in [-0.05, 0) is 44.6 Å². The third kappa shape index (κ3) is 3.59. The van der Waals surface area contributed by atoms with Crippen molar-refractivity contribution < 1.29 is 4.79 Å². The van der Waals surface area contributed by atoms with Gasteiger partial charge in [-0.3, -0.25) is 4.79 Å². The first kappa shape index (κ1) is 19.2. The topological polar surface area (TPSA) is 51.0 Å². The SMILES string of the molecule is Cc1ccc(CC(=O)N2CC(c3nncn3C(C)C)C3(CCCCC3)C2)cc1. The molecule has 1 aliphatic heterocycles. The lowest BCUT2D eigenvalue weighted by Gasteiger charge is -2.37. The molecule has 1 spiro atoms. The summed E-state index contributed by atoms with van der Waals surface area (Å²) >= 11 is 0. The van der Waals surface area contributed by atoms with Crippen molar-refractivity contribution in [1.82, 2.24) is 19.7 Å². The van der Waals surface area contributed by atoms with E-state index >= 15 is 0 Å². The first-order chi connectivity index (χ1) is 13.5. The van der Waals surface area contributed by atoms with Crippen molar-refractivity contribution in [2.45, 2.75) is 71.3 Å². The molecule has 1 aliphatic carbocycles. The Morgan fingerprint density at radius 3 is 2.57 bits per heavy atom. The Kier molecular flexibility index (Phi) is 5.26. The number of rotatable bonds is 4. The summed E-state index contributed by atoms with van der Waals surface area (Å²) in [5, 5.41) is 8.75. The number of hydrogen-bond donors (Lipinski definition) is 0. The Hall–Kier alpha value is -2.17. The van der Waals surface area contributed by atoms with Gasteiger partial charge in [0.2, 0.25) is 5.91 Å². The van der Waals surface area contributed by atoms with Crippen LogP contribution in [0.15, 0.2) is 30.6 Å². The second kappa shape index (κ2) is 7.69. The van der Waals surface area contributed by atoms with E-state index in [1.54, 1.807) is 0 Å². The predicted octanol–water partition coefficient (Wildman–Crippen LogP) is 4.29. The Morgan fingerprint density at radius 2 is 1.89 bits per heavy atom. The van der Waals surface area contributed by atoms with Crippen molar-refractivity contribution in [3.8, 4) is 0 Å². The highest BCUT2D eigenvalue weighted by Crippen LogP contribution is 2.51. The highest BCUT2D eigenvalue weighted by Gasteiger charge is 2.50. The zero-order valence-electron chi connectivity index (χ0n) is 17.4. The van der Waals surface area contributed by atoms with Crippen LogP contribution in [0.5, 0.6) is 0 Å². The molecule has 4 rings (SSSR count). The minimum absolute atomic E-state index is 0.168. The molecule has 0 bridgehead atoms. The zero-order valence-corrected chi connectivity index (χ0v) is 17.4. The third-order valence-electron chi connectivity index (χ3n) is 6.79. The van der Waals surface area contributed by atoms with Crippen LogP contribution >= 0.6 is 0 Å². The van der Waals surface area contributed by atoms with Crippen LogP contribution in [0.2, 0.25) is 0 Å². The fourth-order valence-electron chi connectivity index (χ4n) is 5.17. The van der Waals surface area contributed by atoms with E-state index in [0.29, 0.717) is 18.4 Å². The first-order valence-corrected chi connectivity index (χ1v) is 10.7. The van der Waals surface area contributed by atoms with Gasteiger partial charge in [0, 0.05) is 25.0 Å². The summed E-state index contributed by atoms with van der Waals surface area (Å²) in [6.07, 6.45) is 8.54. The van der Waals surface area contributed by atoms with Crippen LogP contribution < -0.4 is 0 Å². The molecule has 1 aromatic heterocycles. The lowest BCUT2D eigenvalue weighted by molar-refractivity contribution is -0.129. The number of aryl methyl sites for hydroxylation is 1. The minimum atomic E-state index is 0.168. The molecule has 1 unspecified atom stereocenters. The van der Waals surface area contributed by atoms with E-state index in [1.165, 1.54) is 37.7 Å². The molecule has 2 aromatic rings. The van der Waals surface area contributed by atoms with E-state index in [2.05, 4.69) is 64.7 Å². The Balaban J connectivity index is 1.58. The number of carbonyl (C=O) groups is 1. The molecule has 2 heterocycles. The summed E-state index contributed by atoms with van der Waals surface area (Å²) in [7, 11) is 0. The van der Waals surface area contributed by atoms with E-state index in [-0.39, 0.29) is 11.3 Å². The molecule has 1 saturated carbocycles. The number of likely N-dealkylation sites (tertiary alicyclic amines) is 1. The van der Waals surface area contributed by atoms with E-state index in [1.807, 2.05) is 6.33 Å². The lowest BCUT2D eigenvalue weighted by Crippen LogP contribution is -2.35. The van der Waals surface area contributed by atoms with Gasteiger partial charge in [-0.1, -0.05) is 49.1 Å². The maximum atomic E-state index is 13.1. The third-order valence-corrected chi connectivity index (χ3v) is 6.79. The van der Waals surface area contributed by atoms with Crippen LogP contribution in [0.25, 0.3) is 0 Å². The Bertz CT molecular complexity index is 817. The number of amides is 1. The number of carbonyl (C=O) groups excluding carboxylic acids is 1. The normalized spacial score (nSPS) is 21.6. The monoisotopic (exact) mass is 380 g/mol. The van der Waals surface area contributed by atoms with Crippen molar-refractivity contribution in [1.29, 1.82) is 0 Å². The van der Waals surface area contributed by atoms with Crippen LogP contribution in [-0.4, -0.2) is 38.7 Å². The first-order valence-electron chi connectivity index (χ1n) is 10.7. The van der Waals surface area contributed by atoms with Crippen LogP contribution in [0, 0.1) is 12.3 Å². The maximum absolute atomic E-state index is 13.1. The Morgan fingerprint density at radius 1 is 1.18 bits per heavy atom. The molecule has 28 heavy (non-hydrogen) atoms. The number of benzene rings is 1. The van der Waals surface area contributed by atoms with Gasteiger partial charge >= 0.3 is 0 Å². The van der Waals surface area contributed by atoms with Crippen molar-refractivity contribution in [3.05, 3.63) is 47.5 Å². The number of hydrogen-bond acceptors (Lipinski definition) is 3. The summed E-state index contributed by atoms with van der Waals surface area (Å²) in [4.78, 5) is 15.2. The summed E-state index contributed by atoms with van der Waals surface area (Å²) in [6.45, 7) is 8.07. The molecule has 5 heteroatoms. The quantitative estimate of drug-likeness (QED) is 0.795. The largest absolute Gasteiger partial charge is 0.341 e. The molecule has 0 radical (unpaired) electrons. The van der Waals surface area contributed by atoms with E-state index in [4.69, 9.17) is 0 Å². The molecule has 1 atom stereocenters. The zero-order chi connectivity index (χ0) is 19.7. The van der Waals surface area contributed by atoms with Gasteiger partial charge in [0.05, 0.1) is 6.42 Å². The van der Waals surface area contributed by atoms with E-state index in [9.17, 15) is 4.79 Å². The molecular weight excluding hydrogens is 348 g/mol. The second-order valence-electron chi connectivity index (χ2n) is 9.10. The van der Waals surface area contributed by atoms with Crippen molar-refractivity contribution in [2.24, 2.45) is 5.41 Å². The standard InChI is InChI=1S/C23H32N4O/c1-17(2)27-16-24-25-22(27)20-14-26(15-23(20)11-5-4-6-12-23)21(28)13-19-9-7-18(3)8-10-19/h7-10,16-17,20H,4-6,11-15H2,1-3H3. The number of nitrogens with zero attached hydrogens (tertiary/aromatic N) is 4.